The Morgan fingerprint density at radius 3 is 3.17 bits per heavy atom. The lowest BCUT2D eigenvalue weighted by atomic mass is 10.2. The summed E-state index contributed by atoms with van der Waals surface area (Å²) in [6.45, 7) is 5.26. The van der Waals surface area contributed by atoms with Crippen LogP contribution in [0.5, 0.6) is 0 Å². The summed E-state index contributed by atoms with van der Waals surface area (Å²) in [5, 5.41) is 6.89. The number of hydrogen-bond donors (Lipinski definition) is 1. The summed E-state index contributed by atoms with van der Waals surface area (Å²) in [4.78, 5) is 9.03. The molecule has 4 nitrogen and oxygen atoms in total. The summed E-state index contributed by atoms with van der Waals surface area (Å²) in [7, 11) is 0. The fourth-order valence-corrected chi connectivity index (χ4v) is 0.804. The molecule has 1 aliphatic heterocycles. The molecule has 0 aromatic carbocycles. The van der Waals surface area contributed by atoms with Gasteiger partial charge in [0.05, 0.1) is 18.9 Å². The van der Waals surface area contributed by atoms with Crippen LogP contribution in [0.15, 0.2) is 10.1 Å². The van der Waals surface area contributed by atoms with Crippen LogP contribution in [0.4, 0.5) is 0 Å². The van der Waals surface area contributed by atoms with Crippen molar-refractivity contribution < 1.29 is 4.84 Å². The van der Waals surface area contributed by atoms with Gasteiger partial charge in [-0.3, -0.25) is 4.99 Å². The maximum Gasteiger partial charge on any atom is 0.114 e. The minimum atomic E-state index is 0. The number of hydrogen-bond acceptors (Lipinski definition) is 4. The van der Waals surface area contributed by atoms with Gasteiger partial charge >= 0.3 is 0 Å². The molecule has 12 heavy (non-hydrogen) atoms. The van der Waals surface area contributed by atoms with Crippen LogP contribution in [0.2, 0.25) is 0 Å². The molecule has 1 atom stereocenters. The topological polar surface area (TPSA) is 46.0 Å². The normalized spacial score (nSPS) is 24.5. The fourth-order valence-electron chi connectivity index (χ4n) is 0.804. The molecule has 0 saturated carbocycles. The van der Waals surface area contributed by atoms with Crippen LogP contribution < -0.4 is 5.32 Å². The smallest absolute Gasteiger partial charge is 0.114 e. The van der Waals surface area contributed by atoms with E-state index in [2.05, 4.69) is 15.5 Å². The highest BCUT2D eigenvalue weighted by Gasteiger charge is 2.11. The number of nitrogens with zero attached hydrogens (tertiary/aromatic N) is 2. The van der Waals surface area contributed by atoms with Crippen molar-refractivity contribution in [2.45, 2.75) is 19.9 Å². The second kappa shape index (κ2) is 5.83. The molecule has 0 aromatic rings. The Morgan fingerprint density at radius 1 is 1.83 bits per heavy atom. The van der Waals surface area contributed by atoms with E-state index in [0.717, 1.165) is 12.3 Å². The standard InChI is InChI=1S/C7H13N3O.ClH/c1-3-11-10-7-4-8-5-9-6(7)2;/h5-6H,3-4H2,1-2H3,(H,8,9);1H. The predicted octanol–water partition coefficient (Wildman–Crippen LogP) is 0.821. The Balaban J connectivity index is 0.00000121. The van der Waals surface area contributed by atoms with Crippen LogP contribution in [0, 0.1) is 0 Å². The van der Waals surface area contributed by atoms with Crippen molar-refractivity contribution in [1.29, 1.82) is 0 Å². The quantitative estimate of drug-likeness (QED) is 0.657. The zero-order valence-corrected chi connectivity index (χ0v) is 8.10. The zero-order valence-electron chi connectivity index (χ0n) is 7.28. The van der Waals surface area contributed by atoms with Crippen molar-refractivity contribution in [2.24, 2.45) is 10.1 Å². The maximum atomic E-state index is 4.92. The van der Waals surface area contributed by atoms with Gasteiger partial charge in [0.1, 0.15) is 12.3 Å². The summed E-state index contributed by atoms with van der Waals surface area (Å²) in [6.07, 6.45) is 1.70. The molecular formula is C7H14ClN3O. The van der Waals surface area contributed by atoms with Gasteiger partial charge in [-0.2, -0.15) is 0 Å². The molecule has 1 N–H and O–H groups in total. The zero-order chi connectivity index (χ0) is 8.10. The Hall–Kier alpha value is -0.770. The lowest BCUT2D eigenvalue weighted by Crippen LogP contribution is -2.34. The second-order valence-corrected chi connectivity index (χ2v) is 2.34. The van der Waals surface area contributed by atoms with Gasteiger partial charge in [-0.1, -0.05) is 5.16 Å². The van der Waals surface area contributed by atoms with E-state index in [0.29, 0.717) is 6.61 Å². The first-order valence-corrected chi connectivity index (χ1v) is 3.78. The SMILES string of the molecule is CCON=C1CNC=NC1C.Cl. The fraction of sp³-hybridized carbons (Fsp3) is 0.714. The summed E-state index contributed by atoms with van der Waals surface area (Å²) in [5.74, 6) is 0. The van der Waals surface area contributed by atoms with Gasteiger partial charge in [0.15, 0.2) is 0 Å². The molecule has 1 aliphatic rings. The van der Waals surface area contributed by atoms with Crippen molar-refractivity contribution >= 4 is 24.5 Å². The lowest BCUT2D eigenvalue weighted by molar-refractivity contribution is 0.157. The molecule has 0 bridgehead atoms. The van der Waals surface area contributed by atoms with Crippen LogP contribution in [0.1, 0.15) is 13.8 Å². The minimum absolute atomic E-state index is 0. The molecule has 1 unspecified atom stereocenters. The highest BCUT2D eigenvalue weighted by atomic mass is 35.5. The number of halogens is 1. The third-order valence-corrected chi connectivity index (χ3v) is 1.47. The molecule has 70 valence electrons. The van der Waals surface area contributed by atoms with E-state index in [-0.39, 0.29) is 18.4 Å². The number of aliphatic imine (C=N–C) groups is 1. The van der Waals surface area contributed by atoms with Gasteiger partial charge in [-0.05, 0) is 13.8 Å². The molecule has 5 heteroatoms. The highest BCUT2D eigenvalue weighted by Crippen LogP contribution is 1.97. The van der Waals surface area contributed by atoms with E-state index < -0.39 is 0 Å². The summed E-state index contributed by atoms with van der Waals surface area (Å²) >= 11 is 0. The summed E-state index contributed by atoms with van der Waals surface area (Å²) in [5.41, 5.74) is 0.953. The van der Waals surface area contributed by atoms with Crippen LogP contribution in [-0.4, -0.2) is 31.2 Å². The van der Waals surface area contributed by atoms with Crippen LogP contribution in [0.25, 0.3) is 0 Å². The predicted molar refractivity (Wildman–Crippen MR) is 52.3 cm³/mol. The number of rotatable bonds is 2. The molecule has 0 fully saturated rings. The molecule has 0 spiro atoms. The summed E-state index contributed by atoms with van der Waals surface area (Å²) < 4.78 is 0. The molecular weight excluding hydrogens is 178 g/mol. The third-order valence-electron chi connectivity index (χ3n) is 1.47. The van der Waals surface area contributed by atoms with Crippen molar-refractivity contribution in [3.05, 3.63) is 0 Å². The van der Waals surface area contributed by atoms with E-state index in [1.165, 1.54) is 0 Å². The van der Waals surface area contributed by atoms with Crippen molar-refractivity contribution in [1.82, 2.24) is 5.32 Å². The average molecular weight is 192 g/mol. The van der Waals surface area contributed by atoms with Gasteiger partial charge < -0.3 is 10.2 Å². The Kier molecular flexibility index (Phi) is 5.45. The van der Waals surface area contributed by atoms with Gasteiger partial charge in [0.2, 0.25) is 0 Å². The first kappa shape index (κ1) is 11.2. The van der Waals surface area contributed by atoms with E-state index in [9.17, 15) is 0 Å². The Labute approximate surface area is 78.5 Å². The maximum absolute atomic E-state index is 4.92. The molecule has 0 amide bonds. The molecule has 1 heterocycles. The lowest BCUT2D eigenvalue weighted by Gasteiger charge is -2.14. The first-order chi connectivity index (χ1) is 5.34. The van der Waals surface area contributed by atoms with Crippen LogP contribution in [-0.2, 0) is 4.84 Å². The van der Waals surface area contributed by atoms with E-state index >= 15 is 0 Å². The van der Waals surface area contributed by atoms with Crippen molar-refractivity contribution in [2.75, 3.05) is 13.2 Å². The second-order valence-electron chi connectivity index (χ2n) is 2.34. The van der Waals surface area contributed by atoms with Crippen molar-refractivity contribution in [3.63, 3.8) is 0 Å². The molecule has 1 rings (SSSR count). The van der Waals surface area contributed by atoms with Crippen LogP contribution in [0.3, 0.4) is 0 Å². The largest absolute Gasteiger partial charge is 0.396 e. The van der Waals surface area contributed by atoms with E-state index in [1.807, 2.05) is 13.8 Å². The number of oxime groups is 1. The van der Waals surface area contributed by atoms with Gasteiger partial charge in [-0.25, -0.2) is 0 Å². The monoisotopic (exact) mass is 191 g/mol. The molecule has 0 aliphatic carbocycles. The van der Waals surface area contributed by atoms with Crippen molar-refractivity contribution in [3.8, 4) is 0 Å². The minimum Gasteiger partial charge on any atom is -0.396 e. The van der Waals surface area contributed by atoms with Gasteiger partial charge in [0.25, 0.3) is 0 Å². The van der Waals surface area contributed by atoms with Crippen LogP contribution >= 0.6 is 12.4 Å². The van der Waals surface area contributed by atoms with Gasteiger partial charge in [0, 0.05) is 0 Å². The first-order valence-electron chi connectivity index (χ1n) is 3.78. The van der Waals surface area contributed by atoms with E-state index in [4.69, 9.17) is 4.84 Å². The molecule has 0 radical (unpaired) electrons. The third kappa shape index (κ3) is 3.09. The van der Waals surface area contributed by atoms with Gasteiger partial charge in [-0.15, -0.1) is 12.4 Å². The Morgan fingerprint density at radius 2 is 2.58 bits per heavy atom. The Bertz CT molecular complexity index is 181. The van der Waals surface area contributed by atoms with E-state index in [1.54, 1.807) is 6.34 Å². The molecule has 0 aromatic heterocycles. The number of nitrogens with one attached hydrogen (secondary N) is 1. The summed E-state index contributed by atoms with van der Waals surface area (Å²) in [6, 6.07) is 0.155. The average Bonchev–Trinajstić information content (AvgIpc) is 2.03. The highest BCUT2D eigenvalue weighted by molar-refractivity contribution is 5.94. The molecule has 0 saturated heterocycles.